The van der Waals surface area contributed by atoms with Crippen molar-refractivity contribution in [3.63, 3.8) is 0 Å². The predicted molar refractivity (Wildman–Crippen MR) is 110 cm³/mol. The Labute approximate surface area is 163 Å². The Hall–Kier alpha value is -1.91. The van der Waals surface area contributed by atoms with Crippen molar-refractivity contribution in [1.82, 2.24) is 0 Å². The summed E-state index contributed by atoms with van der Waals surface area (Å²) in [5, 5.41) is 9.66. The normalized spacial score (nSPS) is 21.3. The molecule has 1 saturated heterocycles. The van der Waals surface area contributed by atoms with Crippen LogP contribution >= 0.6 is 0 Å². The third kappa shape index (κ3) is 13.0. The molecule has 1 N–H and O–H groups in total. The fraction of sp³-hybridized carbons (Fsp3) is 0.522. The van der Waals surface area contributed by atoms with Gasteiger partial charge in [-0.15, -0.1) is 0 Å². The number of allylic oxidation sites excluding steroid dienone is 8. The van der Waals surface area contributed by atoms with Crippen molar-refractivity contribution in [2.75, 3.05) is 7.11 Å². The van der Waals surface area contributed by atoms with Crippen LogP contribution in [0.5, 0.6) is 0 Å². The van der Waals surface area contributed by atoms with E-state index in [0.717, 1.165) is 32.1 Å². The Kier molecular flexibility index (Phi) is 13.0. The summed E-state index contributed by atoms with van der Waals surface area (Å²) in [5.41, 5.74) is 0. The van der Waals surface area contributed by atoms with Gasteiger partial charge in [-0.3, -0.25) is 4.79 Å². The summed E-state index contributed by atoms with van der Waals surface area (Å²) < 4.78 is 10.0. The van der Waals surface area contributed by atoms with Crippen molar-refractivity contribution in [3.8, 4) is 0 Å². The smallest absolute Gasteiger partial charge is 0.305 e. The molecule has 1 aliphatic rings. The number of aliphatic hydroxyl groups is 1. The first-order valence-corrected chi connectivity index (χ1v) is 9.86. The Morgan fingerprint density at radius 3 is 2.22 bits per heavy atom. The number of methoxy groups -OCH3 is 1. The second kappa shape index (κ2) is 15.2. The number of aliphatic hydroxyl groups excluding tert-OH is 1. The highest BCUT2D eigenvalue weighted by Gasteiger charge is 2.35. The predicted octanol–water partition coefficient (Wildman–Crippen LogP) is 4.82. The number of epoxide rings is 1. The van der Waals surface area contributed by atoms with E-state index in [1.54, 1.807) is 12.2 Å². The van der Waals surface area contributed by atoms with Gasteiger partial charge in [-0.05, 0) is 38.5 Å². The highest BCUT2D eigenvalue weighted by molar-refractivity contribution is 5.69. The molecule has 1 heterocycles. The average Bonchev–Trinajstić information content (AvgIpc) is 3.44. The van der Waals surface area contributed by atoms with Gasteiger partial charge < -0.3 is 14.6 Å². The van der Waals surface area contributed by atoms with E-state index in [1.165, 1.54) is 7.11 Å². The molecule has 1 aliphatic heterocycles. The molecule has 0 aromatic carbocycles. The minimum atomic E-state index is -0.617. The van der Waals surface area contributed by atoms with E-state index >= 15 is 0 Å². The molecule has 4 heteroatoms. The van der Waals surface area contributed by atoms with Gasteiger partial charge in [-0.25, -0.2) is 0 Å². The molecule has 0 aromatic heterocycles. The molecule has 0 spiro atoms. The summed E-state index contributed by atoms with van der Waals surface area (Å²) in [6, 6.07) is 0. The number of carbonyl (C=O) groups is 1. The lowest BCUT2D eigenvalue weighted by atomic mass is 10.2. The molecule has 150 valence electrons. The minimum Gasteiger partial charge on any atom is -0.469 e. The van der Waals surface area contributed by atoms with Gasteiger partial charge in [-0.1, -0.05) is 67.7 Å². The topological polar surface area (TPSA) is 59.1 Å². The first-order valence-electron chi connectivity index (χ1n) is 9.86. The van der Waals surface area contributed by atoms with Gasteiger partial charge in [-0.2, -0.15) is 0 Å². The van der Waals surface area contributed by atoms with Gasteiger partial charge in [0.1, 0.15) is 0 Å². The van der Waals surface area contributed by atoms with Crippen molar-refractivity contribution >= 4 is 5.97 Å². The van der Waals surface area contributed by atoms with Crippen molar-refractivity contribution in [3.05, 3.63) is 60.8 Å². The van der Waals surface area contributed by atoms with E-state index in [4.69, 9.17) is 4.74 Å². The molecule has 0 bridgehead atoms. The van der Waals surface area contributed by atoms with Crippen molar-refractivity contribution in [1.29, 1.82) is 0 Å². The molecule has 3 atom stereocenters. The molecular formula is C23H34O4. The standard InChI is InChI=1S/C23H34O4/c1-3-21-22(27-21)17-15-13-11-9-7-5-4-6-8-10-12-14-16-20(24)18-19-23(25)26-2/h4,6-7,9-10,12-16,20-22,24H,3,5,8,11,17-19H2,1-2H3/b6-4-,9-7-,12-10-,15-13-,16-14+. The maximum atomic E-state index is 11.0. The van der Waals surface area contributed by atoms with Crippen molar-refractivity contribution in [2.45, 2.75) is 70.2 Å². The number of hydrogen-bond donors (Lipinski definition) is 1. The molecule has 1 fully saturated rings. The second-order valence-electron chi connectivity index (χ2n) is 6.47. The van der Waals surface area contributed by atoms with E-state index in [0.29, 0.717) is 18.6 Å². The van der Waals surface area contributed by atoms with Crippen LogP contribution in [0.4, 0.5) is 0 Å². The average molecular weight is 375 g/mol. The number of rotatable bonds is 14. The van der Waals surface area contributed by atoms with Crippen LogP contribution in [0.1, 0.15) is 51.9 Å². The zero-order chi connectivity index (χ0) is 19.7. The fourth-order valence-electron chi connectivity index (χ4n) is 2.51. The molecule has 0 radical (unpaired) electrons. The van der Waals surface area contributed by atoms with E-state index in [1.807, 2.05) is 12.2 Å². The van der Waals surface area contributed by atoms with Crippen LogP contribution in [0.2, 0.25) is 0 Å². The highest BCUT2D eigenvalue weighted by Crippen LogP contribution is 2.28. The van der Waals surface area contributed by atoms with E-state index < -0.39 is 6.10 Å². The van der Waals surface area contributed by atoms with Gasteiger partial charge in [0.2, 0.25) is 0 Å². The number of esters is 1. The van der Waals surface area contributed by atoms with Gasteiger partial charge in [0.15, 0.2) is 0 Å². The van der Waals surface area contributed by atoms with Gasteiger partial charge in [0, 0.05) is 6.42 Å². The van der Waals surface area contributed by atoms with Crippen LogP contribution in [0, 0.1) is 0 Å². The van der Waals surface area contributed by atoms with Crippen LogP contribution < -0.4 is 0 Å². The van der Waals surface area contributed by atoms with Crippen molar-refractivity contribution < 1.29 is 19.4 Å². The molecule has 4 nitrogen and oxygen atoms in total. The highest BCUT2D eigenvalue weighted by atomic mass is 16.6. The van der Waals surface area contributed by atoms with E-state index in [-0.39, 0.29) is 12.4 Å². The Morgan fingerprint density at radius 1 is 1.00 bits per heavy atom. The van der Waals surface area contributed by atoms with Crippen LogP contribution in [0.25, 0.3) is 0 Å². The van der Waals surface area contributed by atoms with E-state index in [2.05, 4.69) is 48.1 Å². The number of carbonyl (C=O) groups excluding carboxylic acids is 1. The molecule has 27 heavy (non-hydrogen) atoms. The first-order chi connectivity index (χ1) is 13.2. The zero-order valence-corrected chi connectivity index (χ0v) is 16.6. The Morgan fingerprint density at radius 2 is 1.63 bits per heavy atom. The lowest BCUT2D eigenvalue weighted by molar-refractivity contribution is -0.141. The Balaban J connectivity index is 1.98. The third-order valence-electron chi connectivity index (χ3n) is 4.23. The van der Waals surface area contributed by atoms with Crippen LogP contribution in [0.15, 0.2) is 60.8 Å². The van der Waals surface area contributed by atoms with Crippen LogP contribution in [-0.4, -0.2) is 36.5 Å². The lowest BCUT2D eigenvalue weighted by Gasteiger charge is -2.02. The Bertz CT molecular complexity index is 543. The molecule has 0 amide bonds. The number of ether oxygens (including phenoxy) is 2. The lowest BCUT2D eigenvalue weighted by Crippen LogP contribution is -2.07. The summed E-state index contributed by atoms with van der Waals surface area (Å²) in [4.78, 5) is 11.0. The first kappa shape index (κ1) is 23.1. The molecule has 0 saturated carbocycles. The van der Waals surface area contributed by atoms with Crippen LogP contribution in [-0.2, 0) is 14.3 Å². The maximum Gasteiger partial charge on any atom is 0.305 e. The summed E-state index contributed by atoms with van der Waals surface area (Å²) in [7, 11) is 1.35. The summed E-state index contributed by atoms with van der Waals surface area (Å²) in [5.74, 6) is -0.300. The zero-order valence-electron chi connectivity index (χ0n) is 16.6. The van der Waals surface area contributed by atoms with Crippen molar-refractivity contribution in [2.24, 2.45) is 0 Å². The molecule has 1 rings (SSSR count). The molecular weight excluding hydrogens is 340 g/mol. The summed E-state index contributed by atoms with van der Waals surface area (Å²) in [6.07, 6.45) is 26.3. The summed E-state index contributed by atoms with van der Waals surface area (Å²) in [6.45, 7) is 2.16. The fourth-order valence-corrected chi connectivity index (χ4v) is 2.51. The van der Waals surface area contributed by atoms with Gasteiger partial charge in [0.05, 0.1) is 25.4 Å². The third-order valence-corrected chi connectivity index (χ3v) is 4.23. The van der Waals surface area contributed by atoms with Gasteiger partial charge in [0.25, 0.3) is 0 Å². The van der Waals surface area contributed by atoms with E-state index in [9.17, 15) is 9.90 Å². The van der Waals surface area contributed by atoms with Gasteiger partial charge >= 0.3 is 5.97 Å². The second-order valence-corrected chi connectivity index (χ2v) is 6.47. The quantitative estimate of drug-likeness (QED) is 0.205. The summed E-state index contributed by atoms with van der Waals surface area (Å²) >= 11 is 0. The molecule has 0 aliphatic carbocycles. The SMILES string of the molecule is CCC1OC1C/C=C\C/C=C\C/C=C\C/C=C\C=C\C(O)CCC(=O)OC. The molecule has 0 aromatic rings. The maximum absolute atomic E-state index is 11.0. The van der Waals surface area contributed by atoms with Crippen LogP contribution in [0.3, 0.4) is 0 Å². The monoisotopic (exact) mass is 374 g/mol. The minimum absolute atomic E-state index is 0.228. The molecule has 3 unspecified atom stereocenters. The largest absolute Gasteiger partial charge is 0.469 e. The number of hydrogen-bond acceptors (Lipinski definition) is 4.